The molecule has 0 saturated heterocycles. The molecule has 1 heterocycles. The van der Waals surface area contributed by atoms with Crippen LogP contribution >= 0.6 is 0 Å². The highest BCUT2D eigenvalue weighted by molar-refractivity contribution is 7.92. The lowest BCUT2D eigenvalue weighted by Gasteiger charge is -2.12. The van der Waals surface area contributed by atoms with Gasteiger partial charge >= 0.3 is 0 Å². The predicted molar refractivity (Wildman–Crippen MR) is 105 cm³/mol. The summed E-state index contributed by atoms with van der Waals surface area (Å²) in [5, 5.41) is 3.27. The minimum Gasteiger partial charge on any atom is -0.354 e. The average molecular weight is 385 g/mol. The van der Waals surface area contributed by atoms with Crippen molar-refractivity contribution in [3.8, 4) is 0 Å². The zero-order valence-corrected chi connectivity index (χ0v) is 16.1. The summed E-state index contributed by atoms with van der Waals surface area (Å²) >= 11 is 0. The number of hydrogen-bond acceptors (Lipinski definition) is 4. The van der Waals surface area contributed by atoms with Crippen molar-refractivity contribution >= 4 is 27.2 Å². The van der Waals surface area contributed by atoms with Crippen molar-refractivity contribution in [1.82, 2.24) is 4.98 Å². The second kappa shape index (κ2) is 7.36. The molecule has 1 aromatic heterocycles. The summed E-state index contributed by atoms with van der Waals surface area (Å²) in [6.45, 7) is 5.56. The van der Waals surface area contributed by atoms with Gasteiger partial charge in [-0.3, -0.25) is 4.72 Å². The fourth-order valence-electron chi connectivity index (χ4n) is 2.66. The number of nitrogens with zero attached hydrogens (tertiary/aromatic N) is 1. The van der Waals surface area contributed by atoms with E-state index in [1.165, 1.54) is 12.1 Å². The average Bonchev–Trinajstić information content (AvgIpc) is 2.59. The molecular formula is C20H20FN3O2S. The number of aromatic nitrogens is 1. The number of anilines is 3. The van der Waals surface area contributed by atoms with Gasteiger partial charge in [0.1, 0.15) is 11.6 Å². The van der Waals surface area contributed by atoms with Gasteiger partial charge in [-0.25, -0.2) is 17.8 Å². The second-order valence-corrected chi connectivity index (χ2v) is 8.04. The van der Waals surface area contributed by atoms with Crippen LogP contribution in [0.2, 0.25) is 0 Å². The van der Waals surface area contributed by atoms with E-state index in [4.69, 9.17) is 0 Å². The van der Waals surface area contributed by atoms with Crippen LogP contribution in [0.4, 0.5) is 21.6 Å². The Morgan fingerprint density at radius 1 is 0.926 bits per heavy atom. The minimum atomic E-state index is -3.84. The fourth-order valence-corrected chi connectivity index (χ4v) is 3.90. The Bertz CT molecular complexity index is 1080. The summed E-state index contributed by atoms with van der Waals surface area (Å²) in [6.07, 6.45) is 1.55. The molecule has 5 nitrogen and oxygen atoms in total. The van der Waals surface area contributed by atoms with E-state index < -0.39 is 15.8 Å². The lowest BCUT2D eigenvalue weighted by atomic mass is 10.1. The van der Waals surface area contributed by atoms with Gasteiger partial charge in [0.15, 0.2) is 0 Å². The molecule has 0 saturated carbocycles. The number of halogens is 1. The van der Waals surface area contributed by atoms with E-state index in [9.17, 15) is 12.8 Å². The third kappa shape index (κ3) is 4.43. The Balaban J connectivity index is 1.78. The first kappa shape index (κ1) is 18.8. The molecule has 27 heavy (non-hydrogen) atoms. The lowest BCUT2D eigenvalue weighted by molar-refractivity contribution is 0.598. The molecule has 0 amide bonds. The first-order valence-corrected chi connectivity index (χ1v) is 9.82. The monoisotopic (exact) mass is 385 g/mol. The zero-order chi connectivity index (χ0) is 19.6. The van der Waals surface area contributed by atoms with E-state index in [1.54, 1.807) is 25.3 Å². The summed E-state index contributed by atoms with van der Waals surface area (Å²) in [5.41, 5.74) is 4.26. The standard InChI is InChI=1S/C20H20FN3O2S/c1-13-4-5-14(2)18(10-13)23-17-7-9-20(22-12-17)24-27(25,26)19-8-6-16(21)11-15(19)3/h4-12,23H,1-3H3,(H,22,24). The molecule has 0 atom stereocenters. The summed E-state index contributed by atoms with van der Waals surface area (Å²) in [6, 6.07) is 12.9. The van der Waals surface area contributed by atoms with Gasteiger partial charge in [-0.05, 0) is 73.9 Å². The molecule has 140 valence electrons. The number of pyridine rings is 1. The first-order chi connectivity index (χ1) is 12.7. The van der Waals surface area contributed by atoms with Crippen molar-refractivity contribution in [1.29, 1.82) is 0 Å². The van der Waals surface area contributed by atoms with Crippen LogP contribution in [-0.2, 0) is 10.0 Å². The molecule has 7 heteroatoms. The highest BCUT2D eigenvalue weighted by Gasteiger charge is 2.17. The summed E-state index contributed by atoms with van der Waals surface area (Å²) in [4.78, 5) is 4.17. The largest absolute Gasteiger partial charge is 0.354 e. The molecule has 0 unspecified atom stereocenters. The number of aryl methyl sites for hydroxylation is 3. The second-order valence-electron chi connectivity index (χ2n) is 6.39. The van der Waals surface area contributed by atoms with Crippen molar-refractivity contribution in [2.24, 2.45) is 0 Å². The first-order valence-electron chi connectivity index (χ1n) is 8.34. The smallest absolute Gasteiger partial charge is 0.263 e. The van der Waals surface area contributed by atoms with E-state index in [1.807, 2.05) is 32.0 Å². The number of hydrogen-bond donors (Lipinski definition) is 2. The van der Waals surface area contributed by atoms with Gasteiger partial charge in [-0.1, -0.05) is 12.1 Å². The molecule has 2 N–H and O–H groups in total. The molecule has 3 rings (SSSR count). The summed E-state index contributed by atoms with van der Waals surface area (Å²) < 4.78 is 40.6. The molecule has 0 radical (unpaired) electrons. The maximum Gasteiger partial charge on any atom is 0.263 e. The Morgan fingerprint density at radius 3 is 2.37 bits per heavy atom. The quantitative estimate of drug-likeness (QED) is 0.668. The zero-order valence-electron chi connectivity index (χ0n) is 15.2. The Kier molecular flexibility index (Phi) is 5.14. The van der Waals surface area contributed by atoms with Crippen molar-refractivity contribution in [2.75, 3.05) is 10.0 Å². The lowest BCUT2D eigenvalue weighted by Crippen LogP contribution is -2.15. The van der Waals surface area contributed by atoms with Crippen LogP contribution in [-0.4, -0.2) is 13.4 Å². The van der Waals surface area contributed by atoms with E-state index in [0.29, 0.717) is 5.56 Å². The Labute approximate surface area is 158 Å². The molecule has 0 aliphatic rings. The van der Waals surface area contributed by atoms with E-state index >= 15 is 0 Å². The van der Waals surface area contributed by atoms with E-state index in [2.05, 4.69) is 15.0 Å². The molecule has 0 bridgehead atoms. The Morgan fingerprint density at radius 2 is 1.70 bits per heavy atom. The van der Waals surface area contributed by atoms with Crippen molar-refractivity contribution in [3.63, 3.8) is 0 Å². The maximum absolute atomic E-state index is 13.2. The Hall–Kier alpha value is -2.93. The van der Waals surface area contributed by atoms with Crippen LogP contribution in [0.1, 0.15) is 16.7 Å². The normalized spacial score (nSPS) is 11.3. The van der Waals surface area contributed by atoms with Gasteiger partial charge in [0.25, 0.3) is 10.0 Å². The molecule has 3 aromatic rings. The van der Waals surface area contributed by atoms with Gasteiger partial charge in [0, 0.05) is 5.69 Å². The number of benzene rings is 2. The third-order valence-electron chi connectivity index (χ3n) is 4.10. The van der Waals surface area contributed by atoms with Crippen LogP contribution in [0.3, 0.4) is 0 Å². The minimum absolute atomic E-state index is 0.0169. The van der Waals surface area contributed by atoms with Crippen molar-refractivity contribution < 1.29 is 12.8 Å². The number of nitrogens with one attached hydrogen (secondary N) is 2. The SMILES string of the molecule is Cc1ccc(C)c(Nc2ccc(NS(=O)(=O)c3ccc(F)cc3C)nc2)c1. The van der Waals surface area contributed by atoms with Gasteiger partial charge in [0.05, 0.1) is 16.8 Å². The molecule has 0 fully saturated rings. The third-order valence-corrected chi connectivity index (χ3v) is 5.62. The van der Waals surface area contributed by atoms with Crippen molar-refractivity contribution in [3.05, 3.63) is 77.2 Å². The van der Waals surface area contributed by atoms with Crippen LogP contribution in [0.15, 0.2) is 59.6 Å². The highest BCUT2D eigenvalue weighted by atomic mass is 32.2. The number of rotatable bonds is 5. The van der Waals surface area contributed by atoms with Gasteiger partial charge < -0.3 is 5.32 Å². The number of sulfonamides is 1. The van der Waals surface area contributed by atoms with Gasteiger partial charge in [0.2, 0.25) is 0 Å². The molecule has 2 aromatic carbocycles. The molecule has 0 aliphatic carbocycles. The molecule has 0 spiro atoms. The van der Waals surface area contributed by atoms with Crippen LogP contribution in [0.5, 0.6) is 0 Å². The van der Waals surface area contributed by atoms with Crippen LogP contribution in [0.25, 0.3) is 0 Å². The van der Waals surface area contributed by atoms with E-state index in [0.717, 1.165) is 28.6 Å². The summed E-state index contributed by atoms with van der Waals surface area (Å²) in [5.74, 6) is -0.295. The topological polar surface area (TPSA) is 71.1 Å². The van der Waals surface area contributed by atoms with E-state index in [-0.39, 0.29) is 10.7 Å². The van der Waals surface area contributed by atoms with Crippen molar-refractivity contribution in [2.45, 2.75) is 25.7 Å². The molecular weight excluding hydrogens is 365 g/mol. The van der Waals surface area contributed by atoms with Crippen LogP contribution in [0, 0.1) is 26.6 Å². The van der Waals surface area contributed by atoms with Gasteiger partial charge in [-0.2, -0.15) is 0 Å². The highest BCUT2D eigenvalue weighted by Crippen LogP contribution is 2.23. The summed E-state index contributed by atoms with van der Waals surface area (Å²) in [7, 11) is -3.84. The van der Waals surface area contributed by atoms with Gasteiger partial charge in [-0.15, -0.1) is 0 Å². The van der Waals surface area contributed by atoms with Crippen LogP contribution < -0.4 is 10.0 Å². The maximum atomic E-state index is 13.2. The predicted octanol–water partition coefficient (Wildman–Crippen LogP) is 4.69. The molecule has 0 aliphatic heterocycles. The fraction of sp³-hybridized carbons (Fsp3) is 0.150.